The molecule has 0 bridgehead atoms. The van der Waals surface area contributed by atoms with Gasteiger partial charge >= 0.3 is 5.97 Å². The lowest BCUT2D eigenvalue weighted by molar-refractivity contribution is -0.139. The minimum atomic E-state index is -3.03. The fraction of sp³-hybridized carbons (Fsp3) is 0.286. The molecule has 0 radical (unpaired) electrons. The summed E-state index contributed by atoms with van der Waals surface area (Å²) in [5, 5.41) is 0.768. The number of fused-ring (bicyclic) bond motifs is 3. The van der Waals surface area contributed by atoms with Gasteiger partial charge in [-0.25, -0.2) is 4.79 Å². The predicted molar refractivity (Wildman–Crippen MR) is 104 cm³/mol. The van der Waals surface area contributed by atoms with Gasteiger partial charge in [-0.2, -0.15) is 0 Å². The van der Waals surface area contributed by atoms with Gasteiger partial charge in [0.15, 0.2) is 0 Å². The maximum absolute atomic E-state index is 13.7. The van der Waals surface area contributed by atoms with E-state index in [4.69, 9.17) is 9.26 Å². The van der Waals surface area contributed by atoms with Crippen molar-refractivity contribution >= 4 is 18.6 Å². The molecule has 1 aliphatic rings. The van der Waals surface area contributed by atoms with Crippen molar-refractivity contribution in [1.29, 1.82) is 0 Å². The average molecular weight is 370 g/mol. The number of hydrogen-bond donors (Lipinski definition) is 0. The van der Waals surface area contributed by atoms with Crippen LogP contribution in [0, 0.1) is 5.92 Å². The summed E-state index contributed by atoms with van der Waals surface area (Å²) in [4.78, 5) is 11.5. The number of carbonyl (C=O) groups is 1. The topological polar surface area (TPSA) is 52.6 Å². The molecular formula is C21H23O4P. The molecule has 2 aromatic carbocycles. The minimum Gasteiger partial charge on any atom is -0.462 e. The van der Waals surface area contributed by atoms with Gasteiger partial charge in [-0.05, 0) is 37.0 Å². The molecule has 2 aromatic rings. The van der Waals surface area contributed by atoms with E-state index in [9.17, 15) is 9.36 Å². The fourth-order valence-corrected chi connectivity index (χ4v) is 5.81. The van der Waals surface area contributed by atoms with Crippen LogP contribution in [0.4, 0.5) is 0 Å². The van der Waals surface area contributed by atoms with Crippen LogP contribution in [0.3, 0.4) is 0 Å². The van der Waals surface area contributed by atoms with Gasteiger partial charge in [0.25, 0.3) is 7.37 Å². The lowest BCUT2D eigenvalue weighted by Gasteiger charge is -2.30. The van der Waals surface area contributed by atoms with Gasteiger partial charge in [0.1, 0.15) is 5.75 Å². The Balaban J connectivity index is 1.77. The van der Waals surface area contributed by atoms with Crippen molar-refractivity contribution in [3.63, 3.8) is 0 Å². The number of esters is 1. The molecular weight excluding hydrogens is 347 g/mol. The van der Waals surface area contributed by atoms with Crippen LogP contribution in [0.1, 0.15) is 20.3 Å². The van der Waals surface area contributed by atoms with E-state index in [-0.39, 0.29) is 12.5 Å². The third kappa shape index (κ3) is 3.76. The summed E-state index contributed by atoms with van der Waals surface area (Å²) >= 11 is 0. The number of hydrogen-bond acceptors (Lipinski definition) is 4. The fourth-order valence-electron chi connectivity index (χ4n) is 3.09. The van der Waals surface area contributed by atoms with Crippen molar-refractivity contribution in [2.45, 2.75) is 20.3 Å². The lowest BCUT2D eigenvalue weighted by atomic mass is 10.0. The first-order valence-electron chi connectivity index (χ1n) is 8.71. The Hall–Kier alpha value is -2.32. The Kier molecular flexibility index (Phi) is 5.33. The molecule has 0 spiro atoms. The molecule has 0 amide bonds. The molecule has 0 aliphatic carbocycles. The van der Waals surface area contributed by atoms with E-state index in [1.54, 1.807) is 6.92 Å². The third-order valence-electron chi connectivity index (χ3n) is 4.44. The molecule has 2 atom stereocenters. The van der Waals surface area contributed by atoms with Gasteiger partial charge < -0.3 is 9.26 Å². The van der Waals surface area contributed by atoms with Gasteiger partial charge in [0.05, 0.1) is 11.9 Å². The molecule has 2 unspecified atom stereocenters. The van der Waals surface area contributed by atoms with Crippen LogP contribution in [0.15, 0.2) is 60.7 Å². The van der Waals surface area contributed by atoms with Crippen molar-refractivity contribution in [1.82, 2.24) is 0 Å². The van der Waals surface area contributed by atoms with E-state index >= 15 is 0 Å². The SMILES string of the molecule is C=C(C)C(=O)OCCC(C)CP1(=O)Oc2ccccc2-c2ccccc21. The Bertz CT molecular complexity index is 887. The van der Waals surface area contributed by atoms with E-state index in [2.05, 4.69) is 6.58 Å². The molecule has 0 saturated heterocycles. The summed E-state index contributed by atoms with van der Waals surface area (Å²) < 4.78 is 24.9. The van der Waals surface area contributed by atoms with Gasteiger partial charge in [-0.3, -0.25) is 4.57 Å². The molecule has 1 heterocycles. The highest BCUT2D eigenvalue weighted by molar-refractivity contribution is 7.67. The molecule has 136 valence electrons. The Morgan fingerprint density at radius 1 is 1.15 bits per heavy atom. The van der Waals surface area contributed by atoms with E-state index in [1.165, 1.54) is 0 Å². The zero-order valence-corrected chi connectivity index (χ0v) is 16.0. The standard InChI is InChI=1S/C21H23O4P/c1-15(2)21(22)24-13-12-16(3)14-26(23)20-11-7-5-9-18(20)17-8-4-6-10-19(17)25-26/h4-11,16H,1,12-14H2,2-3H3. The summed E-state index contributed by atoms with van der Waals surface area (Å²) in [6.45, 7) is 7.47. The monoisotopic (exact) mass is 370 g/mol. The molecule has 1 aliphatic heterocycles. The second kappa shape index (κ2) is 7.51. The normalized spacial score (nSPS) is 18.8. The highest BCUT2D eigenvalue weighted by atomic mass is 31.2. The van der Waals surface area contributed by atoms with Crippen molar-refractivity contribution < 1.29 is 18.6 Å². The number of carbonyl (C=O) groups excluding carboxylic acids is 1. The van der Waals surface area contributed by atoms with E-state index < -0.39 is 13.3 Å². The number of rotatable bonds is 6. The predicted octanol–water partition coefficient (Wildman–Crippen LogP) is 4.79. The smallest absolute Gasteiger partial charge is 0.333 e. The van der Waals surface area contributed by atoms with E-state index in [0.717, 1.165) is 16.4 Å². The number of benzene rings is 2. The molecule has 3 rings (SSSR count). The molecule has 0 fully saturated rings. The molecule has 0 saturated carbocycles. The quantitative estimate of drug-likeness (QED) is 0.417. The zero-order chi connectivity index (χ0) is 18.7. The van der Waals surface area contributed by atoms with Gasteiger partial charge in [0.2, 0.25) is 0 Å². The first-order chi connectivity index (χ1) is 12.4. The van der Waals surface area contributed by atoms with Gasteiger partial charge in [0, 0.05) is 17.3 Å². The number of ether oxygens (including phenoxy) is 1. The molecule has 0 aromatic heterocycles. The highest BCUT2D eigenvalue weighted by Gasteiger charge is 2.36. The molecule has 4 nitrogen and oxygen atoms in total. The summed E-state index contributed by atoms with van der Waals surface area (Å²) in [7, 11) is -3.03. The van der Waals surface area contributed by atoms with Crippen LogP contribution >= 0.6 is 7.37 Å². The van der Waals surface area contributed by atoms with Crippen LogP contribution in [-0.4, -0.2) is 18.7 Å². The van der Waals surface area contributed by atoms with Crippen LogP contribution in [0.25, 0.3) is 11.1 Å². The Morgan fingerprint density at radius 2 is 1.81 bits per heavy atom. The van der Waals surface area contributed by atoms with E-state index in [1.807, 2.05) is 55.5 Å². The van der Waals surface area contributed by atoms with E-state index in [0.29, 0.717) is 23.9 Å². The third-order valence-corrected chi connectivity index (χ3v) is 7.16. The van der Waals surface area contributed by atoms with Crippen molar-refractivity contribution in [2.24, 2.45) is 5.92 Å². The summed E-state index contributed by atoms with van der Waals surface area (Å²) in [6.07, 6.45) is 1.03. The lowest BCUT2D eigenvalue weighted by Crippen LogP contribution is -2.22. The zero-order valence-electron chi connectivity index (χ0n) is 15.1. The molecule has 0 N–H and O–H groups in total. The maximum Gasteiger partial charge on any atom is 0.333 e. The van der Waals surface area contributed by atoms with Crippen molar-refractivity contribution in [3.05, 3.63) is 60.7 Å². The van der Waals surface area contributed by atoms with Crippen molar-refractivity contribution in [2.75, 3.05) is 12.8 Å². The van der Waals surface area contributed by atoms with Crippen LogP contribution in [0.2, 0.25) is 0 Å². The average Bonchev–Trinajstić information content (AvgIpc) is 2.61. The Labute approximate surface area is 154 Å². The van der Waals surface area contributed by atoms with Gasteiger partial charge in [-0.1, -0.05) is 49.9 Å². The largest absolute Gasteiger partial charge is 0.462 e. The van der Waals surface area contributed by atoms with Crippen LogP contribution in [0.5, 0.6) is 5.75 Å². The Morgan fingerprint density at radius 3 is 2.54 bits per heavy atom. The van der Waals surface area contributed by atoms with Crippen LogP contribution < -0.4 is 9.83 Å². The maximum atomic E-state index is 13.7. The van der Waals surface area contributed by atoms with Gasteiger partial charge in [-0.15, -0.1) is 0 Å². The van der Waals surface area contributed by atoms with Crippen molar-refractivity contribution in [3.8, 4) is 16.9 Å². The summed E-state index contributed by atoms with van der Waals surface area (Å²) in [5.41, 5.74) is 2.32. The second-order valence-corrected chi connectivity index (χ2v) is 9.15. The summed E-state index contributed by atoms with van der Waals surface area (Å²) in [5.74, 6) is 0.351. The minimum absolute atomic E-state index is 0.0806. The molecule has 5 heteroatoms. The molecule has 26 heavy (non-hydrogen) atoms. The first kappa shape index (κ1) is 18.5. The summed E-state index contributed by atoms with van der Waals surface area (Å²) in [6, 6.07) is 15.4. The van der Waals surface area contributed by atoms with Crippen LogP contribution in [-0.2, 0) is 14.1 Å². The number of para-hydroxylation sites is 1. The first-order valence-corrected chi connectivity index (χ1v) is 10.5. The highest BCUT2D eigenvalue weighted by Crippen LogP contribution is 2.55. The second-order valence-electron chi connectivity index (χ2n) is 6.77.